The molecule has 0 aliphatic carbocycles. The van der Waals surface area contributed by atoms with Crippen LogP contribution >= 0.6 is 27.3 Å². The molecule has 2 aromatic rings. The molecule has 2 heterocycles. The van der Waals surface area contributed by atoms with Crippen molar-refractivity contribution in [2.24, 2.45) is 0 Å². The topological polar surface area (TPSA) is 52.7 Å². The second kappa shape index (κ2) is 7.84. The van der Waals surface area contributed by atoms with Crippen molar-refractivity contribution in [2.75, 3.05) is 23.8 Å². The number of benzene rings is 1. The van der Waals surface area contributed by atoms with E-state index in [0.717, 1.165) is 21.5 Å². The molecule has 0 spiro atoms. The van der Waals surface area contributed by atoms with Crippen molar-refractivity contribution < 1.29 is 22.8 Å². The predicted molar refractivity (Wildman–Crippen MR) is 105 cm³/mol. The van der Waals surface area contributed by atoms with Crippen LogP contribution in [0, 0.1) is 0 Å². The molecule has 1 unspecified atom stereocenters. The lowest BCUT2D eigenvalue weighted by Crippen LogP contribution is -2.50. The molecule has 1 aromatic carbocycles. The van der Waals surface area contributed by atoms with Crippen molar-refractivity contribution in [3.63, 3.8) is 0 Å². The Labute approximate surface area is 172 Å². The van der Waals surface area contributed by atoms with Crippen LogP contribution in [0.5, 0.6) is 0 Å². The van der Waals surface area contributed by atoms with Gasteiger partial charge in [-0.3, -0.25) is 19.4 Å². The second-order valence-electron chi connectivity index (χ2n) is 6.52. The van der Waals surface area contributed by atoms with Gasteiger partial charge in [-0.15, -0.1) is 11.3 Å². The number of nitrogens with zero attached hydrogens (tertiary/aromatic N) is 2. The first-order valence-corrected chi connectivity index (χ1v) is 9.99. The largest absolute Gasteiger partial charge is 0.416 e. The number of fused-ring (bicyclic) bond motifs is 1. The van der Waals surface area contributed by atoms with E-state index in [-0.39, 0.29) is 23.8 Å². The van der Waals surface area contributed by atoms with Gasteiger partial charge in [0.1, 0.15) is 6.54 Å². The molecule has 0 bridgehead atoms. The molecule has 150 valence electrons. The zero-order chi connectivity index (χ0) is 20.6. The number of thiophene rings is 1. The van der Waals surface area contributed by atoms with E-state index in [1.54, 1.807) is 25.3 Å². The fourth-order valence-electron chi connectivity index (χ4n) is 2.90. The number of hydrogen-bond donors (Lipinski definition) is 1. The van der Waals surface area contributed by atoms with E-state index >= 15 is 0 Å². The third-order valence-electron chi connectivity index (χ3n) is 4.50. The molecule has 0 fully saturated rings. The molecule has 1 aliphatic heterocycles. The van der Waals surface area contributed by atoms with Crippen molar-refractivity contribution in [1.29, 1.82) is 0 Å². The van der Waals surface area contributed by atoms with E-state index < -0.39 is 23.7 Å². The average Bonchev–Trinajstić information content (AvgIpc) is 3.03. The van der Waals surface area contributed by atoms with Gasteiger partial charge in [0, 0.05) is 21.3 Å². The van der Waals surface area contributed by atoms with Crippen molar-refractivity contribution in [3.05, 3.63) is 44.6 Å². The lowest BCUT2D eigenvalue weighted by Gasteiger charge is -2.34. The monoisotopic (exact) mass is 475 g/mol. The summed E-state index contributed by atoms with van der Waals surface area (Å²) in [5.74, 6) is -0.883. The normalized spacial score (nSPS) is 15.4. The van der Waals surface area contributed by atoms with Crippen molar-refractivity contribution in [3.8, 4) is 0 Å². The van der Waals surface area contributed by atoms with Gasteiger partial charge >= 0.3 is 6.18 Å². The number of alkyl halides is 3. The summed E-state index contributed by atoms with van der Waals surface area (Å²) in [6.07, 6.45) is -4.53. The van der Waals surface area contributed by atoms with Gasteiger partial charge in [0.15, 0.2) is 0 Å². The zero-order valence-electron chi connectivity index (χ0n) is 15.0. The molecular weight excluding hydrogens is 459 g/mol. The third-order valence-corrected chi connectivity index (χ3v) is 6.18. The zero-order valence-corrected chi connectivity index (χ0v) is 17.4. The maximum Gasteiger partial charge on any atom is 0.416 e. The first-order chi connectivity index (χ1) is 13.1. The summed E-state index contributed by atoms with van der Waals surface area (Å²) in [4.78, 5) is 29.1. The van der Waals surface area contributed by atoms with Crippen LogP contribution in [0.2, 0.25) is 0 Å². The van der Waals surface area contributed by atoms with Crippen LogP contribution in [-0.2, 0) is 22.3 Å². The highest BCUT2D eigenvalue weighted by atomic mass is 79.9. The summed E-state index contributed by atoms with van der Waals surface area (Å²) >= 11 is 4.94. The van der Waals surface area contributed by atoms with Gasteiger partial charge in [-0.05, 0) is 54.2 Å². The molecule has 0 saturated carbocycles. The number of likely N-dealkylation sites (N-methyl/N-ethyl adjacent to an activating group) is 1. The maximum absolute atomic E-state index is 13.0. The summed E-state index contributed by atoms with van der Waals surface area (Å²) in [6, 6.07) is 4.37. The Balaban J connectivity index is 1.82. The summed E-state index contributed by atoms with van der Waals surface area (Å²) in [7, 11) is 1.79. The number of hydrogen-bond acceptors (Lipinski definition) is 4. The van der Waals surface area contributed by atoms with E-state index in [0.29, 0.717) is 6.54 Å². The molecule has 5 nitrogen and oxygen atoms in total. The summed E-state index contributed by atoms with van der Waals surface area (Å²) in [5.41, 5.74) is -0.637. The lowest BCUT2D eigenvalue weighted by atomic mass is 10.1. The molecule has 1 aliphatic rings. The van der Waals surface area contributed by atoms with Crippen LogP contribution < -0.4 is 10.2 Å². The summed E-state index contributed by atoms with van der Waals surface area (Å²) in [6.45, 7) is 2.00. The third kappa shape index (κ3) is 4.39. The van der Waals surface area contributed by atoms with Crippen LogP contribution in [0.25, 0.3) is 0 Å². The minimum atomic E-state index is -4.53. The van der Waals surface area contributed by atoms with Crippen LogP contribution in [0.15, 0.2) is 34.1 Å². The molecule has 0 radical (unpaired) electrons. The fourth-order valence-corrected chi connectivity index (χ4v) is 4.41. The second-order valence-corrected chi connectivity index (χ2v) is 8.44. The minimum absolute atomic E-state index is 0.0172. The molecule has 10 heteroatoms. The Morgan fingerprint density at radius 1 is 1.39 bits per heavy atom. The van der Waals surface area contributed by atoms with E-state index in [1.807, 2.05) is 16.3 Å². The Morgan fingerprint density at radius 3 is 2.71 bits per heavy atom. The van der Waals surface area contributed by atoms with Crippen molar-refractivity contribution in [2.45, 2.75) is 25.7 Å². The summed E-state index contributed by atoms with van der Waals surface area (Å²) in [5, 5.41) is 4.36. The van der Waals surface area contributed by atoms with Gasteiger partial charge in [-0.2, -0.15) is 13.2 Å². The van der Waals surface area contributed by atoms with Crippen LogP contribution in [0.1, 0.15) is 17.4 Å². The maximum atomic E-state index is 13.0. The average molecular weight is 476 g/mol. The van der Waals surface area contributed by atoms with Crippen LogP contribution in [0.3, 0.4) is 0 Å². The first-order valence-electron chi connectivity index (χ1n) is 8.32. The molecule has 28 heavy (non-hydrogen) atoms. The molecular formula is C18H17BrF3N3O2S. The van der Waals surface area contributed by atoms with Gasteiger partial charge in [-0.1, -0.05) is 0 Å². The Hall–Kier alpha value is -1.91. The highest BCUT2D eigenvalue weighted by Gasteiger charge is 2.35. The molecule has 1 N–H and O–H groups in total. The lowest BCUT2D eigenvalue weighted by molar-refractivity contribution is -0.137. The van der Waals surface area contributed by atoms with E-state index in [4.69, 9.17) is 0 Å². The van der Waals surface area contributed by atoms with E-state index in [2.05, 4.69) is 21.2 Å². The molecule has 1 atom stereocenters. The van der Waals surface area contributed by atoms with Crippen molar-refractivity contribution in [1.82, 2.24) is 4.90 Å². The predicted octanol–water partition coefficient (Wildman–Crippen LogP) is 4.34. The molecule has 1 aromatic heterocycles. The number of amides is 2. The van der Waals surface area contributed by atoms with Gasteiger partial charge in [0.05, 0.1) is 23.0 Å². The number of carbonyl (C=O) groups excluding carboxylic acids is 2. The number of nitrogens with one attached hydrogen (secondary N) is 1. The highest BCUT2D eigenvalue weighted by Crippen LogP contribution is 2.37. The van der Waals surface area contributed by atoms with E-state index in [1.165, 1.54) is 11.0 Å². The van der Waals surface area contributed by atoms with Gasteiger partial charge < -0.3 is 5.32 Å². The molecule has 3 rings (SSSR count). The Morgan fingerprint density at radius 2 is 2.11 bits per heavy atom. The van der Waals surface area contributed by atoms with Gasteiger partial charge in [-0.25, -0.2) is 0 Å². The van der Waals surface area contributed by atoms with Gasteiger partial charge in [0.2, 0.25) is 11.8 Å². The number of rotatable bonds is 4. The molecule has 0 saturated heterocycles. The Kier molecular flexibility index (Phi) is 5.83. The number of anilines is 2. The quantitative estimate of drug-likeness (QED) is 0.715. The molecule has 2 amide bonds. The smallest absolute Gasteiger partial charge is 0.323 e. The standard InChI is InChI=1S/C18H17BrF3N3O2S/c1-10(24(2)7-13-6-12(19)9-28-13)17(27)25-8-16(26)23-14-5-11(18(20,21)22)3-4-15(14)25/h3-6,9-10H,7-8H2,1-2H3,(H,23,26). The fraction of sp³-hybridized carbons (Fsp3) is 0.333. The Bertz CT molecular complexity index is 916. The summed E-state index contributed by atoms with van der Waals surface area (Å²) < 4.78 is 39.8. The number of halogens is 4. The van der Waals surface area contributed by atoms with Gasteiger partial charge in [0.25, 0.3) is 0 Å². The van der Waals surface area contributed by atoms with E-state index in [9.17, 15) is 22.8 Å². The van der Waals surface area contributed by atoms with Crippen LogP contribution in [-0.4, -0.2) is 36.3 Å². The SMILES string of the molecule is CC(C(=O)N1CC(=O)Nc2cc(C(F)(F)F)ccc21)N(C)Cc1cc(Br)cs1. The highest BCUT2D eigenvalue weighted by molar-refractivity contribution is 9.10. The van der Waals surface area contributed by atoms with Crippen LogP contribution in [0.4, 0.5) is 24.5 Å². The minimum Gasteiger partial charge on any atom is -0.323 e. The number of carbonyl (C=O) groups is 2. The van der Waals surface area contributed by atoms with Crippen molar-refractivity contribution >= 4 is 50.5 Å². The first kappa shape index (κ1) is 20.8.